The van der Waals surface area contributed by atoms with E-state index in [-0.39, 0.29) is 18.4 Å². The number of hydrogen-bond donors (Lipinski definition) is 1. The highest BCUT2D eigenvalue weighted by atomic mass is 79.9. The van der Waals surface area contributed by atoms with Crippen molar-refractivity contribution in [3.8, 4) is 11.5 Å². The van der Waals surface area contributed by atoms with E-state index in [1.165, 1.54) is 0 Å². The molecule has 1 unspecified atom stereocenters. The van der Waals surface area contributed by atoms with Gasteiger partial charge in [-0.25, -0.2) is 13.1 Å². The molecule has 0 saturated heterocycles. The van der Waals surface area contributed by atoms with Crippen LogP contribution in [0.25, 0.3) is 0 Å². The molecule has 0 spiro atoms. The van der Waals surface area contributed by atoms with E-state index in [1.54, 1.807) is 18.2 Å². The van der Waals surface area contributed by atoms with Crippen LogP contribution in [0, 0.1) is 0 Å². The SMILES string of the molecule is O=S(=O)(Cc1cccc(Br)c1)NCC1COc2ccccc2O1. The lowest BCUT2D eigenvalue weighted by Gasteiger charge is -2.26. The quantitative estimate of drug-likeness (QED) is 0.842. The van der Waals surface area contributed by atoms with E-state index in [9.17, 15) is 8.42 Å². The van der Waals surface area contributed by atoms with E-state index in [1.807, 2.05) is 30.3 Å². The van der Waals surface area contributed by atoms with E-state index in [4.69, 9.17) is 9.47 Å². The van der Waals surface area contributed by atoms with Gasteiger partial charge in [-0.05, 0) is 29.8 Å². The Bertz CT molecular complexity index is 794. The van der Waals surface area contributed by atoms with E-state index < -0.39 is 10.0 Å². The van der Waals surface area contributed by atoms with Crippen LogP contribution in [0.3, 0.4) is 0 Å². The van der Waals surface area contributed by atoms with Gasteiger partial charge in [-0.15, -0.1) is 0 Å². The minimum atomic E-state index is -3.43. The number of para-hydroxylation sites is 2. The van der Waals surface area contributed by atoms with Crippen LogP contribution in [0.15, 0.2) is 53.0 Å². The van der Waals surface area contributed by atoms with Crippen molar-refractivity contribution in [3.63, 3.8) is 0 Å². The molecule has 1 aliphatic heterocycles. The lowest BCUT2D eigenvalue weighted by Crippen LogP contribution is -2.41. The van der Waals surface area contributed by atoms with Gasteiger partial charge >= 0.3 is 0 Å². The van der Waals surface area contributed by atoms with Gasteiger partial charge in [0, 0.05) is 4.47 Å². The number of hydrogen-bond acceptors (Lipinski definition) is 4. The summed E-state index contributed by atoms with van der Waals surface area (Å²) in [4.78, 5) is 0. The number of halogens is 1. The normalized spacial score (nSPS) is 17.0. The molecule has 0 aromatic heterocycles. The zero-order valence-corrected chi connectivity index (χ0v) is 14.6. The van der Waals surface area contributed by atoms with Crippen LogP contribution in [0.2, 0.25) is 0 Å². The van der Waals surface area contributed by atoms with Gasteiger partial charge < -0.3 is 9.47 Å². The molecule has 122 valence electrons. The van der Waals surface area contributed by atoms with Gasteiger partial charge in [0.05, 0.1) is 12.3 Å². The van der Waals surface area contributed by atoms with Crippen LogP contribution in [0.5, 0.6) is 11.5 Å². The van der Waals surface area contributed by atoms with Crippen LogP contribution >= 0.6 is 15.9 Å². The summed E-state index contributed by atoms with van der Waals surface area (Å²) >= 11 is 3.33. The molecule has 1 aliphatic rings. The van der Waals surface area contributed by atoms with Crippen LogP contribution in [0.4, 0.5) is 0 Å². The first-order valence-electron chi connectivity index (χ1n) is 7.12. The van der Waals surface area contributed by atoms with Crippen molar-refractivity contribution in [1.29, 1.82) is 0 Å². The fourth-order valence-corrected chi connectivity index (χ4v) is 3.89. The lowest BCUT2D eigenvalue weighted by atomic mass is 10.2. The Kier molecular flexibility index (Phi) is 4.89. The first-order chi connectivity index (χ1) is 11.0. The zero-order chi connectivity index (χ0) is 16.3. The molecule has 23 heavy (non-hydrogen) atoms. The largest absolute Gasteiger partial charge is 0.486 e. The maximum atomic E-state index is 12.2. The second kappa shape index (κ2) is 6.90. The Hall–Kier alpha value is -1.57. The fraction of sp³-hybridized carbons (Fsp3) is 0.250. The molecular formula is C16H16BrNO4S. The number of sulfonamides is 1. The van der Waals surface area contributed by atoms with Crippen LogP contribution < -0.4 is 14.2 Å². The summed E-state index contributed by atoms with van der Waals surface area (Å²) in [5.74, 6) is 1.24. The molecule has 2 aromatic carbocycles. The molecule has 3 rings (SSSR count). The Balaban J connectivity index is 1.58. The average molecular weight is 398 g/mol. The van der Waals surface area contributed by atoms with Crippen LogP contribution in [-0.2, 0) is 15.8 Å². The van der Waals surface area contributed by atoms with Crippen LogP contribution in [-0.4, -0.2) is 27.7 Å². The highest BCUT2D eigenvalue weighted by molar-refractivity contribution is 9.10. The summed E-state index contributed by atoms with van der Waals surface area (Å²) in [6.45, 7) is 0.487. The highest BCUT2D eigenvalue weighted by Gasteiger charge is 2.22. The number of rotatable bonds is 5. The fourth-order valence-electron chi connectivity index (χ4n) is 2.28. The van der Waals surface area contributed by atoms with Crippen molar-refractivity contribution in [1.82, 2.24) is 4.72 Å². The Morgan fingerprint density at radius 2 is 1.91 bits per heavy atom. The molecule has 1 atom stereocenters. The topological polar surface area (TPSA) is 64.6 Å². The van der Waals surface area contributed by atoms with Crippen molar-refractivity contribution < 1.29 is 17.9 Å². The van der Waals surface area contributed by atoms with Crippen molar-refractivity contribution in [3.05, 3.63) is 58.6 Å². The minimum absolute atomic E-state index is 0.0728. The Morgan fingerprint density at radius 1 is 1.13 bits per heavy atom. The second-order valence-electron chi connectivity index (χ2n) is 5.24. The van der Waals surface area contributed by atoms with E-state index in [2.05, 4.69) is 20.7 Å². The van der Waals surface area contributed by atoms with Gasteiger partial charge in [-0.3, -0.25) is 0 Å². The van der Waals surface area contributed by atoms with Gasteiger partial charge in [0.2, 0.25) is 10.0 Å². The third kappa shape index (κ3) is 4.46. The second-order valence-corrected chi connectivity index (χ2v) is 7.96. The lowest BCUT2D eigenvalue weighted by molar-refractivity contribution is 0.0943. The molecular weight excluding hydrogens is 382 g/mol. The standard InChI is InChI=1S/C16H16BrNO4S/c17-13-5-3-4-12(8-13)11-23(19,20)18-9-14-10-21-15-6-1-2-7-16(15)22-14/h1-8,14,18H,9-11H2. The summed E-state index contributed by atoms with van der Waals surface area (Å²) in [5, 5.41) is 0. The molecule has 1 heterocycles. The molecule has 1 N–H and O–H groups in total. The number of ether oxygens (including phenoxy) is 2. The van der Waals surface area contributed by atoms with Gasteiger partial charge in [0.15, 0.2) is 11.5 Å². The molecule has 0 bridgehead atoms. The van der Waals surface area contributed by atoms with E-state index in [0.29, 0.717) is 18.1 Å². The van der Waals surface area contributed by atoms with Crippen molar-refractivity contribution >= 4 is 26.0 Å². The maximum Gasteiger partial charge on any atom is 0.215 e. The Labute approximate surface area is 143 Å². The molecule has 7 heteroatoms. The highest BCUT2D eigenvalue weighted by Crippen LogP contribution is 2.30. The summed E-state index contributed by atoms with van der Waals surface area (Å²) in [6, 6.07) is 14.6. The molecule has 0 radical (unpaired) electrons. The smallest absolute Gasteiger partial charge is 0.215 e. The summed E-state index contributed by atoms with van der Waals surface area (Å²) in [6.07, 6.45) is -0.345. The number of benzene rings is 2. The third-order valence-electron chi connectivity index (χ3n) is 3.34. The zero-order valence-electron chi connectivity index (χ0n) is 12.2. The summed E-state index contributed by atoms with van der Waals surface area (Å²) in [7, 11) is -3.43. The molecule has 0 fully saturated rings. The molecule has 0 amide bonds. The minimum Gasteiger partial charge on any atom is -0.486 e. The summed E-state index contributed by atoms with van der Waals surface area (Å²) in [5.41, 5.74) is 0.720. The average Bonchev–Trinajstić information content (AvgIpc) is 2.52. The molecule has 5 nitrogen and oxygen atoms in total. The maximum absolute atomic E-state index is 12.2. The number of fused-ring (bicyclic) bond motifs is 1. The van der Waals surface area contributed by atoms with Crippen LogP contribution in [0.1, 0.15) is 5.56 Å². The van der Waals surface area contributed by atoms with Gasteiger partial charge in [0.1, 0.15) is 12.7 Å². The Morgan fingerprint density at radius 3 is 2.70 bits per heavy atom. The molecule has 0 saturated carbocycles. The molecule has 2 aromatic rings. The van der Waals surface area contributed by atoms with Gasteiger partial charge in [-0.2, -0.15) is 0 Å². The van der Waals surface area contributed by atoms with E-state index >= 15 is 0 Å². The van der Waals surface area contributed by atoms with Crippen molar-refractivity contribution in [2.75, 3.05) is 13.2 Å². The first kappa shape index (κ1) is 16.3. The summed E-state index contributed by atoms with van der Waals surface area (Å²) < 4.78 is 39.1. The predicted molar refractivity (Wildman–Crippen MR) is 91.1 cm³/mol. The van der Waals surface area contributed by atoms with Gasteiger partial charge in [-0.1, -0.05) is 40.2 Å². The third-order valence-corrected chi connectivity index (χ3v) is 5.16. The molecule has 0 aliphatic carbocycles. The number of nitrogens with one attached hydrogen (secondary N) is 1. The van der Waals surface area contributed by atoms with E-state index in [0.717, 1.165) is 10.0 Å². The predicted octanol–water partition coefficient (Wildman–Crippen LogP) is 2.71. The van der Waals surface area contributed by atoms with Crippen molar-refractivity contribution in [2.45, 2.75) is 11.9 Å². The monoisotopic (exact) mass is 397 g/mol. The first-order valence-corrected chi connectivity index (χ1v) is 9.57. The van der Waals surface area contributed by atoms with Crippen molar-refractivity contribution in [2.24, 2.45) is 0 Å². The van der Waals surface area contributed by atoms with Gasteiger partial charge in [0.25, 0.3) is 0 Å².